The number of benzene rings is 2. The Bertz CT molecular complexity index is 650. The Morgan fingerprint density at radius 3 is 2.17 bits per heavy atom. The average Bonchev–Trinajstić information content (AvgIpc) is 2.61. The van der Waals surface area contributed by atoms with Gasteiger partial charge in [0.05, 0.1) is 12.7 Å². The lowest BCUT2D eigenvalue weighted by atomic mass is 10.1. The molecule has 0 atom stereocenters. The fourth-order valence-corrected chi connectivity index (χ4v) is 2.37. The smallest absolute Gasteiger partial charge is 0.337 e. The van der Waals surface area contributed by atoms with E-state index in [0.29, 0.717) is 24.2 Å². The number of rotatable bonds is 6. The van der Waals surface area contributed by atoms with Crippen molar-refractivity contribution in [2.24, 2.45) is 0 Å². The topological polar surface area (TPSA) is 46.6 Å². The molecule has 0 unspecified atom stereocenters. The minimum atomic E-state index is -0.359. The van der Waals surface area contributed by atoms with Crippen LogP contribution in [0.15, 0.2) is 54.6 Å². The van der Waals surface area contributed by atoms with Crippen molar-refractivity contribution in [2.75, 3.05) is 13.7 Å². The number of hydrogen-bond donors (Lipinski definition) is 0. The normalized spacial score (nSPS) is 10.2. The van der Waals surface area contributed by atoms with Gasteiger partial charge in [-0.2, -0.15) is 0 Å². The molecule has 0 aliphatic rings. The van der Waals surface area contributed by atoms with E-state index in [9.17, 15) is 9.59 Å². The summed E-state index contributed by atoms with van der Waals surface area (Å²) in [6.45, 7) is 3.25. The van der Waals surface area contributed by atoms with Gasteiger partial charge in [0.1, 0.15) is 0 Å². The summed E-state index contributed by atoms with van der Waals surface area (Å²) in [6, 6.07) is 16.4. The minimum Gasteiger partial charge on any atom is -0.465 e. The first-order valence-corrected chi connectivity index (χ1v) is 7.67. The summed E-state index contributed by atoms with van der Waals surface area (Å²) in [5.41, 5.74) is 2.18. The SMILES string of the molecule is CCCN(Cc1ccc(C(=O)OC)cc1)C(=O)c1ccccc1. The summed E-state index contributed by atoms with van der Waals surface area (Å²) in [5.74, 6) is -0.341. The Kier molecular flexibility index (Phi) is 5.92. The molecule has 0 saturated carbocycles. The Labute approximate surface area is 136 Å². The number of amides is 1. The molecule has 0 heterocycles. The molecule has 2 aromatic carbocycles. The van der Waals surface area contributed by atoms with Crippen LogP contribution >= 0.6 is 0 Å². The molecule has 2 aromatic rings. The highest BCUT2D eigenvalue weighted by molar-refractivity contribution is 5.94. The monoisotopic (exact) mass is 311 g/mol. The van der Waals surface area contributed by atoms with E-state index in [2.05, 4.69) is 4.74 Å². The number of carbonyl (C=O) groups excluding carboxylic acids is 2. The molecule has 120 valence electrons. The van der Waals surface area contributed by atoms with Gasteiger partial charge in [-0.25, -0.2) is 4.79 Å². The maximum Gasteiger partial charge on any atom is 0.337 e. The van der Waals surface area contributed by atoms with Gasteiger partial charge in [0, 0.05) is 18.7 Å². The van der Waals surface area contributed by atoms with Gasteiger partial charge in [0.15, 0.2) is 0 Å². The number of nitrogens with zero attached hydrogens (tertiary/aromatic N) is 1. The first-order valence-electron chi connectivity index (χ1n) is 7.67. The van der Waals surface area contributed by atoms with Crippen molar-refractivity contribution in [3.05, 3.63) is 71.3 Å². The molecular formula is C19H21NO3. The minimum absolute atomic E-state index is 0.0181. The zero-order valence-electron chi connectivity index (χ0n) is 13.5. The molecule has 0 N–H and O–H groups in total. The van der Waals surface area contributed by atoms with Crippen LogP contribution in [0, 0.1) is 0 Å². The second-order valence-electron chi connectivity index (χ2n) is 5.28. The quantitative estimate of drug-likeness (QED) is 0.767. The van der Waals surface area contributed by atoms with Gasteiger partial charge in [-0.15, -0.1) is 0 Å². The van der Waals surface area contributed by atoms with Crippen LogP contribution in [0.4, 0.5) is 0 Å². The second-order valence-corrected chi connectivity index (χ2v) is 5.28. The zero-order chi connectivity index (χ0) is 16.7. The van der Waals surface area contributed by atoms with E-state index in [1.165, 1.54) is 7.11 Å². The fourth-order valence-electron chi connectivity index (χ4n) is 2.37. The number of carbonyl (C=O) groups is 2. The van der Waals surface area contributed by atoms with Crippen LogP contribution in [-0.4, -0.2) is 30.4 Å². The van der Waals surface area contributed by atoms with E-state index < -0.39 is 0 Å². The van der Waals surface area contributed by atoms with Crippen molar-refractivity contribution in [1.82, 2.24) is 4.90 Å². The van der Waals surface area contributed by atoms with E-state index in [1.807, 2.05) is 54.3 Å². The number of hydrogen-bond acceptors (Lipinski definition) is 3. The molecule has 2 rings (SSSR count). The molecule has 0 aromatic heterocycles. The van der Waals surface area contributed by atoms with Gasteiger partial charge in [-0.1, -0.05) is 37.3 Å². The van der Waals surface area contributed by atoms with E-state index >= 15 is 0 Å². The third-order valence-corrected chi connectivity index (χ3v) is 3.55. The van der Waals surface area contributed by atoms with Gasteiger partial charge >= 0.3 is 5.97 Å². The summed E-state index contributed by atoms with van der Waals surface area (Å²) in [5, 5.41) is 0. The molecule has 0 aliphatic carbocycles. The molecule has 1 amide bonds. The second kappa shape index (κ2) is 8.13. The molecule has 4 heteroatoms. The van der Waals surface area contributed by atoms with Crippen LogP contribution in [0.3, 0.4) is 0 Å². The highest BCUT2D eigenvalue weighted by Crippen LogP contribution is 2.12. The predicted molar refractivity (Wildman–Crippen MR) is 89.3 cm³/mol. The van der Waals surface area contributed by atoms with Gasteiger partial charge in [-0.05, 0) is 36.2 Å². The van der Waals surface area contributed by atoms with Crippen molar-refractivity contribution in [3.8, 4) is 0 Å². The summed E-state index contributed by atoms with van der Waals surface area (Å²) >= 11 is 0. The summed E-state index contributed by atoms with van der Waals surface area (Å²) in [7, 11) is 1.36. The van der Waals surface area contributed by atoms with Gasteiger partial charge in [-0.3, -0.25) is 4.79 Å². The van der Waals surface area contributed by atoms with E-state index in [-0.39, 0.29) is 11.9 Å². The van der Waals surface area contributed by atoms with Crippen LogP contribution in [0.5, 0.6) is 0 Å². The van der Waals surface area contributed by atoms with Gasteiger partial charge in [0.2, 0.25) is 0 Å². The van der Waals surface area contributed by atoms with E-state index in [4.69, 9.17) is 0 Å². The molecule has 0 fully saturated rings. The highest BCUT2D eigenvalue weighted by atomic mass is 16.5. The number of methoxy groups -OCH3 is 1. The zero-order valence-corrected chi connectivity index (χ0v) is 13.5. The number of ether oxygens (including phenoxy) is 1. The van der Waals surface area contributed by atoms with E-state index in [1.54, 1.807) is 12.1 Å². The molecule has 0 saturated heterocycles. The number of esters is 1. The lowest BCUT2D eigenvalue weighted by molar-refractivity contribution is 0.0600. The van der Waals surface area contributed by atoms with Crippen molar-refractivity contribution in [2.45, 2.75) is 19.9 Å². The van der Waals surface area contributed by atoms with Gasteiger partial charge < -0.3 is 9.64 Å². The summed E-state index contributed by atoms with van der Waals surface area (Å²) in [4.78, 5) is 25.9. The molecule has 0 aliphatic heterocycles. The maximum absolute atomic E-state index is 12.6. The molecular weight excluding hydrogens is 290 g/mol. The third kappa shape index (κ3) is 4.42. The maximum atomic E-state index is 12.6. The Balaban J connectivity index is 2.13. The lowest BCUT2D eigenvalue weighted by Crippen LogP contribution is -2.31. The molecule has 0 radical (unpaired) electrons. The lowest BCUT2D eigenvalue weighted by Gasteiger charge is -2.22. The van der Waals surface area contributed by atoms with Crippen LogP contribution in [0.1, 0.15) is 39.6 Å². The average molecular weight is 311 g/mol. The first-order chi connectivity index (χ1) is 11.2. The van der Waals surface area contributed by atoms with Crippen molar-refractivity contribution in [3.63, 3.8) is 0 Å². The Morgan fingerprint density at radius 2 is 1.61 bits per heavy atom. The molecule has 0 bridgehead atoms. The highest BCUT2D eigenvalue weighted by Gasteiger charge is 2.15. The predicted octanol–water partition coefficient (Wildman–Crippen LogP) is 3.53. The molecule has 4 nitrogen and oxygen atoms in total. The van der Waals surface area contributed by atoms with Crippen LogP contribution in [0.2, 0.25) is 0 Å². The van der Waals surface area contributed by atoms with Gasteiger partial charge in [0.25, 0.3) is 5.91 Å². The van der Waals surface area contributed by atoms with Crippen LogP contribution in [0.25, 0.3) is 0 Å². The van der Waals surface area contributed by atoms with Crippen molar-refractivity contribution >= 4 is 11.9 Å². The Hall–Kier alpha value is -2.62. The largest absolute Gasteiger partial charge is 0.465 e. The van der Waals surface area contributed by atoms with Crippen LogP contribution < -0.4 is 0 Å². The fraction of sp³-hybridized carbons (Fsp3) is 0.263. The Morgan fingerprint density at radius 1 is 0.957 bits per heavy atom. The molecule has 23 heavy (non-hydrogen) atoms. The van der Waals surface area contributed by atoms with Crippen molar-refractivity contribution in [1.29, 1.82) is 0 Å². The molecule has 0 spiro atoms. The van der Waals surface area contributed by atoms with Crippen molar-refractivity contribution < 1.29 is 14.3 Å². The standard InChI is InChI=1S/C19H21NO3/c1-3-13-20(18(21)16-7-5-4-6-8-16)14-15-9-11-17(12-10-15)19(22)23-2/h4-12H,3,13-14H2,1-2H3. The first kappa shape index (κ1) is 16.7. The third-order valence-electron chi connectivity index (χ3n) is 3.55. The summed E-state index contributed by atoms with van der Waals surface area (Å²) in [6.07, 6.45) is 0.888. The summed E-state index contributed by atoms with van der Waals surface area (Å²) < 4.78 is 4.69. The van der Waals surface area contributed by atoms with Crippen LogP contribution in [-0.2, 0) is 11.3 Å². The van der Waals surface area contributed by atoms with E-state index in [0.717, 1.165) is 12.0 Å².